The first-order valence-corrected chi connectivity index (χ1v) is 8.14. The van der Waals surface area contributed by atoms with Gasteiger partial charge in [-0.1, -0.05) is 13.0 Å². The Balaban J connectivity index is 1.74. The Morgan fingerprint density at radius 1 is 1.50 bits per heavy atom. The van der Waals surface area contributed by atoms with Crippen LogP contribution in [0, 0.1) is 0 Å². The highest BCUT2D eigenvalue weighted by Crippen LogP contribution is 2.20. The van der Waals surface area contributed by atoms with E-state index >= 15 is 0 Å². The van der Waals surface area contributed by atoms with Crippen LogP contribution in [0.3, 0.4) is 0 Å². The van der Waals surface area contributed by atoms with Gasteiger partial charge in [0.1, 0.15) is 0 Å². The topological polar surface area (TPSA) is 21.3 Å². The zero-order valence-corrected chi connectivity index (χ0v) is 12.2. The van der Waals surface area contributed by atoms with Crippen molar-refractivity contribution in [2.45, 2.75) is 57.6 Å². The molecule has 0 bridgehead atoms. The summed E-state index contributed by atoms with van der Waals surface area (Å²) in [5, 5.41) is 5.78. The first kappa shape index (κ1) is 14.0. The number of nitrogens with one attached hydrogen (secondary N) is 1. The van der Waals surface area contributed by atoms with Gasteiger partial charge in [0.25, 0.3) is 0 Å². The van der Waals surface area contributed by atoms with Gasteiger partial charge in [0.15, 0.2) is 0 Å². The number of thiophene rings is 1. The van der Waals surface area contributed by atoms with Gasteiger partial charge in [0.05, 0.1) is 6.10 Å². The molecule has 1 saturated heterocycles. The summed E-state index contributed by atoms with van der Waals surface area (Å²) in [4.78, 5) is 1.49. The van der Waals surface area contributed by atoms with Crippen LogP contribution in [-0.2, 0) is 11.2 Å². The van der Waals surface area contributed by atoms with Crippen molar-refractivity contribution in [1.29, 1.82) is 0 Å². The average molecular weight is 267 g/mol. The smallest absolute Gasteiger partial charge is 0.0575 e. The SMILES string of the molecule is CCNC(CCC1CCCCO1)Cc1cccs1. The van der Waals surface area contributed by atoms with E-state index in [4.69, 9.17) is 4.74 Å². The molecule has 2 unspecified atom stereocenters. The van der Waals surface area contributed by atoms with Crippen LogP contribution in [0.2, 0.25) is 0 Å². The quantitative estimate of drug-likeness (QED) is 0.814. The molecule has 1 N–H and O–H groups in total. The van der Waals surface area contributed by atoms with E-state index in [1.54, 1.807) is 0 Å². The Hall–Kier alpha value is -0.380. The highest BCUT2D eigenvalue weighted by atomic mass is 32.1. The minimum absolute atomic E-state index is 0.517. The second kappa shape index (κ2) is 7.93. The van der Waals surface area contributed by atoms with Crippen LogP contribution in [0.15, 0.2) is 17.5 Å². The van der Waals surface area contributed by atoms with Crippen LogP contribution in [0.5, 0.6) is 0 Å². The van der Waals surface area contributed by atoms with E-state index in [-0.39, 0.29) is 0 Å². The summed E-state index contributed by atoms with van der Waals surface area (Å²) in [6.45, 7) is 4.22. The van der Waals surface area contributed by atoms with E-state index in [2.05, 4.69) is 29.8 Å². The molecule has 2 atom stereocenters. The molecule has 1 aliphatic heterocycles. The molecule has 2 nitrogen and oxygen atoms in total. The maximum Gasteiger partial charge on any atom is 0.0575 e. The van der Waals surface area contributed by atoms with E-state index in [0.717, 1.165) is 19.6 Å². The standard InChI is InChI=1S/C15H25NOS/c1-2-16-13(12-15-7-5-11-18-15)8-9-14-6-3-4-10-17-14/h5,7,11,13-14,16H,2-4,6,8-10,12H2,1H3. The van der Waals surface area contributed by atoms with Gasteiger partial charge in [0, 0.05) is 17.5 Å². The van der Waals surface area contributed by atoms with Gasteiger partial charge in [-0.05, 0) is 56.5 Å². The molecule has 0 radical (unpaired) electrons. The Morgan fingerprint density at radius 3 is 3.11 bits per heavy atom. The molecular weight excluding hydrogens is 242 g/mol. The molecule has 1 aromatic heterocycles. The third-order valence-corrected chi connectivity index (χ3v) is 4.53. The van der Waals surface area contributed by atoms with Crippen LogP contribution < -0.4 is 5.32 Å². The van der Waals surface area contributed by atoms with E-state index < -0.39 is 0 Å². The summed E-state index contributed by atoms with van der Waals surface area (Å²) < 4.78 is 5.82. The zero-order valence-electron chi connectivity index (χ0n) is 11.4. The molecule has 0 saturated carbocycles. The van der Waals surface area contributed by atoms with Gasteiger partial charge >= 0.3 is 0 Å². The third-order valence-electron chi connectivity index (χ3n) is 3.63. The lowest BCUT2D eigenvalue weighted by Crippen LogP contribution is -2.32. The highest BCUT2D eigenvalue weighted by Gasteiger charge is 2.16. The van der Waals surface area contributed by atoms with Gasteiger partial charge < -0.3 is 10.1 Å². The summed E-state index contributed by atoms with van der Waals surface area (Å²) in [7, 11) is 0. The van der Waals surface area contributed by atoms with Crippen molar-refractivity contribution in [1.82, 2.24) is 5.32 Å². The average Bonchev–Trinajstić information content (AvgIpc) is 2.90. The molecular formula is C15H25NOS. The molecule has 0 aromatic carbocycles. The lowest BCUT2D eigenvalue weighted by Gasteiger charge is -2.25. The van der Waals surface area contributed by atoms with Crippen molar-refractivity contribution in [2.75, 3.05) is 13.2 Å². The number of hydrogen-bond donors (Lipinski definition) is 1. The maximum atomic E-state index is 5.82. The number of likely N-dealkylation sites (N-methyl/N-ethyl adjacent to an activating group) is 1. The molecule has 2 rings (SSSR count). The normalized spacial score (nSPS) is 21.9. The summed E-state index contributed by atoms with van der Waals surface area (Å²) in [5.41, 5.74) is 0. The molecule has 0 spiro atoms. The molecule has 2 heterocycles. The minimum Gasteiger partial charge on any atom is -0.378 e. The number of ether oxygens (including phenoxy) is 1. The molecule has 0 amide bonds. The molecule has 3 heteroatoms. The van der Waals surface area contributed by atoms with Crippen molar-refractivity contribution >= 4 is 11.3 Å². The second-order valence-electron chi connectivity index (χ2n) is 5.10. The Morgan fingerprint density at radius 2 is 2.44 bits per heavy atom. The van der Waals surface area contributed by atoms with Gasteiger partial charge in [-0.15, -0.1) is 11.3 Å². The van der Waals surface area contributed by atoms with Crippen LogP contribution >= 0.6 is 11.3 Å². The van der Waals surface area contributed by atoms with Gasteiger partial charge in [0.2, 0.25) is 0 Å². The van der Waals surface area contributed by atoms with Crippen LogP contribution in [0.1, 0.15) is 43.9 Å². The van der Waals surface area contributed by atoms with Crippen LogP contribution in [0.4, 0.5) is 0 Å². The lowest BCUT2D eigenvalue weighted by atomic mass is 9.99. The second-order valence-corrected chi connectivity index (χ2v) is 6.14. The van der Waals surface area contributed by atoms with Gasteiger partial charge in [-0.3, -0.25) is 0 Å². The summed E-state index contributed by atoms with van der Waals surface area (Å²) in [5.74, 6) is 0. The molecule has 1 fully saturated rings. The van der Waals surface area contributed by atoms with E-state index in [0.29, 0.717) is 12.1 Å². The Labute approximate surface area is 115 Å². The fraction of sp³-hybridized carbons (Fsp3) is 0.733. The van der Waals surface area contributed by atoms with Crippen molar-refractivity contribution in [3.63, 3.8) is 0 Å². The maximum absolute atomic E-state index is 5.82. The van der Waals surface area contributed by atoms with Crippen LogP contribution in [-0.4, -0.2) is 25.3 Å². The monoisotopic (exact) mass is 267 g/mol. The zero-order chi connectivity index (χ0) is 12.6. The van der Waals surface area contributed by atoms with Crippen molar-refractivity contribution < 1.29 is 4.74 Å². The fourth-order valence-electron chi connectivity index (χ4n) is 2.66. The van der Waals surface area contributed by atoms with Gasteiger partial charge in [-0.2, -0.15) is 0 Å². The summed E-state index contributed by atoms with van der Waals surface area (Å²) >= 11 is 1.87. The van der Waals surface area contributed by atoms with E-state index in [9.17, 15) is 0 Å². The van der Waals surface area contributed by atoms with Crippen LogP contribution in [0.25, 0.3) is 0 Å². The number of rotatable bonds is 7. The molecule has 18 heavy (non-hydrogen) atoms. The van der Waals surface area contributed by atoms with E-state index in [1.807, 2.05) is 11.3 Å². The molecule has 102 valence electrons. The lowest BCUT2D eigenvalue weighted by molar-refractivity contribution is 0.00862. The van der Waals surface area contributed by atoms with Crippen molar-refractivity contribution in [2.24, 2.45) is 0 Å². The predicted molar refractivity (Wildman–Crippen MR) is 78.3 cm³/mol. The minimum atomic E-state index is 0.517. The third kappa shape index (κ3) is 4.71. The Kier molecular flexibility index (Phi) is 6.18. The number of hydrogen-bond acceptors (Lipinski definition) is 3. The molecule has 1 aliphatic rings. The fourth-order valence-corrected chi connectivity index (χ4v) is 3.45. The first-order valence-electron chi connectivity index (χ1n) is 7.26. The Bertz CT molecular complexity index is 306. The summed E-state index contributed by atoms with van der Waals surface area (Å²) in [6.07, 6.45) is 7.99. The van der Waals surface area contributed by atoms with Crippen molar-refractivity contribution in [3.8, 4) is 0 Å². The van der Waals surface area contributed by atoms with E-state index in [1.165, 1.54) is 37.0 Å². The molecule has 0 aliphatic carbocycles. The predicted octanol–water partition coefficient (Wildman–Crippen LogP) is 3.62. The first-order chi connectivity index (χ1) is 8.88. The summed E-state index contributed by atoms with van der Waals surface area (Å²) in [6, 6.07) is 5.00. The van der Waals surface area contributed by atoms with Gasteiger partial charge in [-0.25, -0.2) is 0 Å². The van der Waals surface area contributed by atoms with Crippen molar-refractivity contribution in [3.05, 3.63) is 22.4 Å². The molecule has 1 aromatic rings. The largest absolute Gasteiger partial charge is 0.378 e. The highest BCUT2D eigenvalue weighted by molar-refractivity contribution is 7.09.